The molecule has 3 aromatic rings. The summed E-state index contributed by atoms with van der Waals surface area (Å²) < 4.78 is 13.2. The first-order chi connectivity index (χ1) is 16.6. The van der Waals surface area contributed by atoms with E-state index in [1.54, 1.807) is 23.5 Å². The number of nitrogens with one attached hydrogen (secondary N) is 1. The normalized spacial score (nSPS) is 16.2. The summed E-state index contributed by atoms with van der Waals surface area (Å²) in [5, 5.41) is 3.77. The van der Waals surface area contributed by atoms with Crippen molar-refractivity contribution in [2.45, 2.75) is 25.7 Å². The molecule has 2 aliphatic rings. The van der Waals surface area contributed by atoms with E-state index >= 15 is 0 Å². The maximum absolute atomic E-state index is 13.4. The van der Waals surface area contributed by atoms with Gasteiger partial charge in [-0.3, -0.25) is 14.5 Å². The number of ketones is 1. The maximum Gasteiger partial charge on any atom is 0.239 e. The van der Waals surface area contributed by atoms with Crippen LogP contribution in [0, 0.1) is 5.82 Å². The van der Waals surface area contributed by atoms with Crippen LogP contribution < -0.4 is 10.2 Å². The number of aryl methyl sites for hydroxylation is 1. The molecule has 176 valence electrons. The maximum atomic E-state index is 13.4. The zero-order valence-corrected chi connectivity index (χ0v) is 19.9. The van der Waals surface area contributed by atoms with Crippen molar-refractivity contribution in [2.75, 3.05) is 42.9 Å². The first-order valence-corrected chi connectivity index (χ1v) is 12.7. The molecule has 1 aliphatic heterocycles. The molecule has 2 aromatic carbocycles. The summed E-state index contributed by atoms with van der Waals surface area (Å²) in [6.45, 7) is 3.36. The molecule has 1 aliphatic carbocycles. The number of thiophene rings is 1. The lowest BCUT2D eigenvalue weighted by Gasteiger charge is -2.35. The molecule has 1 saturated heterocycles. The van der Waals surface area contributed by atoms with Crippen molar-refractivity contribution < 1.29 is 14.0 Å². The van der Waals surface area contributed by atoms with Gasteiger partial charge in [0, 0.05) is 42.3 Å². The first-order valence-electron chi connectivity index (χ1n) is 11.9. The molecule has 0 saturated carbocycles. The highest BCUT2D eigenvalue weighted by Gasteiger charge is 2.27. The molecule has 1 N–H and O–H groups in total. The number of fused-ring (bicyclic) bond motifs is 1. The Bertz CT molecular complexity index is 1170. The first kappa shape index (κ1) is 22.7. The van der Waals surface area contributed by atoms with Gasteiger partial charge < -0.3 is 10.2 Å². The molecule has 0 atom stereocenters. The molecular formula is C27H28FN3O2S. The van der Waals surface area contributed by atoms with Gasteiger partial charge in [-0.1, -0.05) is 30.3 Å². The summed E-state index contributed by atoms with van der Waals surface area (Å²) in [7, 11) is 0. The number of carbonyl (C=O) groups is 2. The average Bonchev–Trinajstić information content (AvgIpc) is 3.22. The number of nitrogens with zero attached hydrogens (tertiary/aromatic N) is 2. The number of amides is 1. The van der Waals surface area contributed by atoms with Gasteiger partial charge in [-0.25, -0.2) is 4.39 Å². The molecule has 5 rings (SSSR count). The van der Waals surface area contributed by atoms with Crippen LogP contribution in [-0.2, 0) is 17.6 Å². The lowest BCUT2D eigenvalue weighted by Crippen LogP contribution is -2.48. The second kappa shape index (κ2) is 10.1. The summed E-state index contributed by atoms with van der Waals surface area (Å²) in [5.41, 5.74) is 3.45. The summed E-state index contributed by atoms with van der Waals surface area (Å²) in [6, 6.07) is 15.9. The molecule has 1 fully saturated rings. The Morgan fingerprint density at radius 1 is 0.912 bits per heavy atom. The molecule has 0 unspecified atom stereocenters. The van der Waals surface area contributed by atoms with Gasteiger partial charge in [0.15, 0.2) is 5.78 Å². The number of hydrogen-bond acceptors (Lipinski definition) is 5. The molecule has 7 heteroatoms. The molecule has 34 heavy (non-hydrogen) atoms. The largest absolute Gasteiger partial charge is 0.369 e. The number of piperazine rings is 1. The Morgan fingerprint density at radius 3 is 2.35 bits per heavy atom. The van der Waals surface area contributed by atoms with Crippen LogP contribution in [0.2, 0.25) is 0 Å². The number of anilines is 2. The number of hydrogen-bond donors (Lipinski definition) is 1. The predicted octanol–water partition coefficient (Wildman–Crippen LogP) is 4.76. The van der Waals surface area contributed by atoms with Crippen LogP contribution in [0.1, 0.15) is 39.2 Å². The lowest BCUT2D eigenvalue weighted by molar-refractivity contribution is -0.117. The summed E-state index contributed by atoms with van der Waals surface area (Å²) in [4.78, 5) is 31.9. The van der Waals surface area contributed by atoms with Crippen LogP contribution in [0.25, 0.3) is 0 Å². The minimum atomic E-state index is -0.237. The smallest absolute Gasteiger partial charge is 0.239 e. The predicted molar refractivity (Wildman–Crippen MR) is 135 cm³/mol. The van der Waals surface area contributed by atoms with Gasteiger partial charge in [-0.05, 0) is 55.5 Å². The Balaban J connectivity index is 1.26. The third kappa shape index (κ3) is 4.91. The van der Waals surface area contributed by atoms with E-state index in [1.165, 1.54) is 17.0 Å². The monoisotopic (exact) mass is 477 g/mol. The number of carbonyl (C=O) groups excluding carboxylic acids is 2. The van der Waals surface area contributed by atoms with E-state index in [4.69, 9.17) is 0 Å². The van der Waals surface area contributed by atoms with E-state index in [2.05, 4.69) is 15.1 Å². The van der Waals surface area contributed by atoms with Gasteiger partial charge in [0.05, 0.1) is 12.1 Å². The van der Waals surface area contributed by atoms with Gasteiger partial charge >= 0.3 is 0 Å². The summed E-state index contributed by atoms with van der Waals surface area (Å²) in [5.74, 6) is -0.335. The van der Waals surface area contributed by atoms with Crippen LogP contribution in [0.5, 0.6) is 0 Å². The van der Waals surface area contributed by atoms with Crippen molar-refractivity contribution in [3.8, 4) is 0 Å². The lowest BCUT2D eigenvalue weighted by atomic mass is 9.92. The molecule has 2 heterocycles. The van der Waals surface area contributed by atoms with Crippen LogP contribution in [0.4, 0.5) is 15.1 Å². The van der Waals surface area contributed by atoms with E-state index < -0.39 is 0 Å². The second-order valence-corrected chi connectivity index (χ2v) is 10.0. The van der Waals surface area contributed by atoms with Crippen molar-refractivity contribution in [3.05, 3.63) is 82.0 Å². The fraction of sp³-hybridized carbons (Fsp3) is 0.333. The van der Waals surface area contributed by atoms with Crippen LogP contribution in [-0.4, -0.2) is 49.3 Å². The topological polar surface area (TPSA) is 52.7 Å². The van der Waals surface area contributed by atoms with Gasteiger partial charge in [0.25, 0.3) is 0 Å². The van der Waals surface area contributed by atoms with Crippen molar-refractivity contribution in [1.29, 1.82) is 0 Å². The van der Waals surface area contributed by atoms with Crippen LogP contribution >= 0.6 is 11.3 Å². The summed E-state index contributed by atoms with van der Waals surface area (Å²) in [6.07, 6.45) is 4.06. The second-order valence-electron chi connectivity index (χ2n) is 8.90. The van der Waals surface area contributed by atoms with Crippen LogP contribution in [0.3, 0.4) is 0 Å². The SMILES string of the molecule is O=C(CN1CCN(c2ccc(F)cc2)CC1)Nc1sc2c(c1C(=O)c1ccccc1)CCCC2. The van der Waals surface area contributed by atoms with Gasteiger partial charge in [0.2, 0.25) is 5.91 Å². The molecule has 0 radical (unpaired) electrons. The third-order valence-corrected chi connectivity index (χ3v) is 7.83. The van der Waals surface area contributed by atoms with Crippen LogP contribution in [0.15, 0.2) is 54.6 Å². The minimum absolute atomic E-state index is 0.0109. The molecular weight excluding hydrogens is 449 g/mol. The Labute approximate surface area is 203 Å². The highest BCUT2D eigenvalue weighted by atomic mass is 32.1. The van der Waals surface area contributed by atoms with Crippen molar-refractivity contribution in [2.24, 2.45) is 0 Å². The fourth-order valence-electron chi connectivity index (χ4n) is 4.81. The summed E-state index contributed by atoms with van der Waals surface area (Å²) >= 11 is 1.56. The Morgan fingerprint density at radius 2 is 1.62 bits per heavy atom. The minimum Gasteiger partial charge on any atom is -0.369 e. The van der Waals surface area contributed by atoms with Gasteiger partial charge in [-0.2, -0.15) is 0 Å². The Kier molecular flexibility index (Phi) is 6.74. The number of rotatable bonds is 6. The number of halogens is 1. The van der Waals surface area contributed by atoms with Crippen molar-refractivity contribution in [3.63, 3.8) is 0 Å². The highest BCUT2D eigenvalue weighted by Crippen LogP contribution is 2.39. The molecule has 0 spiro atoms. The van der Waals surface area contributed by atoms with Crippen molar-refractivity contribution >= 4 is 33.7 Å². The van der Waals surface area contributed by atoms with E-state index in [0.29, 0.717) is 22.7 Å². The quantitative estimate of drug-likeness (QED) is 0.521. The molecule has 1 aromatic heterocycles. The van der Waals surface area contributed by atoms with E-state index in [1.807, 2.05) is 30.3 Å². The van der Waals surface area contributed by atoms with Gasteiger partial charge in [-0.15, -0.1) is 11.3 Å². The molecule has 1 amide bonds. The fourth-order valence-corrected chi connectivity index (χ4v) is 6.12. The third-order valence-electron chi connectivity index (χ3n) is 6.62. The van der Waals surface area contributed by atoms with E-state index in [9.17, 15) is 14.0 Å². The standard InChI is InChI=1S/C27H28FN3O2S/c28-20-10-12-21(13-11-20)31-16-14-30(15-17-31)18-24(32)29-27-25(22-8-4-5-9-23(22)34-27)26(33)19-6-2-1-3-7-19/h1-3,6-7,10-13H,4-5,8-9,14-18H2,(H,29,32). The van der Waals surface area contributed by atoms with E-state index in [0.717, 1.165) is 63.1 Å². The molecule has 5 nitrogen and oxygen atoms in total. The van der Waals surface area contributed by atoms with E-state index in [-0.39, 0.29) is 17.5 Å². The van der Waals surface area contributed by atoms with Gasteiger partial charge in [0.1, 0.15) is 10.8 Å². The van der Waals surface area contributed by atoms with Crippen molar-refractivity contribution in [1.82, 2.24) is 4.90 Å². The Hall–Kier alpha value is -3.03. The zero-order valence-electron chi connectivity index (χ0n) is 19.1. The number of benzene rings is 2. The highest BCUT2D eigenvalue weighted by molar-refractivity contribution is 7.17. The zero-order chi connectivity index (χ0) is 23.5. The molecule has 0 bridgehead atoms. The average molecular weight is 478 g/mol.